The number of nitrogens with zero attached hydrogens (tertiary/aromatic N) is 3. The largest absolute Gasteiger partial charge is 0.477 e. The van der Waals surface area contributed by atoms with Crippen LogP contribution in [0.1, 0.15) is 29.3 Å². The van der Waals surface area contributed by atoms with Crippen LogP contribution in [0.3, 0.4) is 0 Å². The summed E-state index contributed by atoms with van der Waals surface area (Å²) in [5.41, 5.74) is 2.15. The summed E-state index contributed by atoms with van der Waals surface area (Å²) < 4.78 is 4.99. The fourth-order valence-electron chi connectivity index (χ4n) is 5.87. The number of carbonyl (C=O) groups excluding carboxylic acids is 3. The Morgan fingerprint density at radius 1 is 0.980 bits per heavy atom. The molecule has 2 amide bonds. The van der Waals surface area contributed by atoms with Crippen molar-refractivity contribution in [1.82, 2.24) is 15.2 Å². The highest BCUT2D eigenvalue weighted by molar-refractivity contribution is 8.00. The fourth-order valence-corrected chi connectivity index (χ4v) is 7.95. The van der Waals surface area contributed by atoms with E-state index in [1.54, 1.807) is 5.38 Å². The van der Waals surface area contributed by atoms with Crippen LogP contribution >= 0.6 is 23.1 Å². The number of hydrogen-bond acceptors (Lipinski definition) is 11. The Hall–Kier alpha value is -5.47. The number of carbonyl (C=O) groups is 4. The van der Waals surface area contributed by atoms with Gasteiger partial charge in [0.15, 0.2) is 10.8 Å². The van der Waals surface area contributed by atoms with Gasteiger partial charge in [0.1, 0.15) is 42.1 Å². The molecule has 3 N–H and O–H groups in total. The number of thiazole rings is 1. The number of aromatic nitrogens is 1. The lowest BCUT2D eigenvalue weighted by atomic mass is 9.77. The minimum atomic E-state index is -1.33. The molecule has 2 atom stereocenters. The van der Waals surface area contributed by atoms with Gasteiger partial charge < -0.3 is 25.3 Å². The molecule has 2 aliphatic heterocycles. The second kappa shape index (κ2) is 14.3. The monoisotopic (exact) mass is 697 g/mol. The number of anilines is 1. The highest BCUT2D eigenvalue weighted by Crippen LogP contribution is 2.42. The zero-order valence-electron chi connectivity index (χ0n) is 26.4. The van der Waals surface area contributed by atoms with Gasteiger partial charge in [0.2, 0.25) is 0 Å². The van der Waals surface area contributed by atoms with Crippen molar-refractivity contribution in [2.75, 3.05) is 24.8 Å². The van der Waals surface area contributed by atoms with Crippen molar-refractivity contribution >= 4 is 57.7 Å². The predicted molar refractivity (Wildman–Crippen MR) is 185 cm³/mol. The minimum Gasteiger partial charge on any atom is -0.477 e. The lowest BCUT2D eigenvalue weighted by molar-refractivity contribution is -0.150. The Balaban J connectivity index is 1.27. The maximum atomic E-state index is 13.6. The molecule has 0 radical (unpaired) electrons. The van der Waals surface area contributed by atoms with Crippen LogP contribution in [0.2, 0.25) is 0 Å². The van der Waals surface area contributed by atoms with Gasteiger partial charge in [-0.2, -0.15) is 0 Å². The molecule has 49 heavy (non-hydrogen) atoms. The van der Waals surface area contributed by atoms with Crippen LogP contribution in [-0.2, 0) is 34.3 Å². The first-order valence-corrected chi connectivity index (χ1v) is 17.0. The summed E-state index contributed by atoms with van der Waals surface area (Å²) in [6, 6.07) is 28.9. The van der Waals surface area contributed by atoms with E-state index in [-0.39, 0.29) is 29.5 Å². The van der Waals surface area contributed by atoms with Gasteiger partial charge in [0, 0.05) is 23.6 Å². The van der Waals surface area contributed by atoms with E-state index in [4.69, 9.17) is 14.6 Å². The molecule has 0 aliphatic carbocycles. The van der Waals surface area contributed by atoms with Gasteiger partial charge in [0.05, 0.1) is 0 Å². The summed E-state index contributed by atoms with van der Waals surface area (Å²) in [5.74, 6) is -3.03. The lowest BCUT2D eigenvalue weighted by Gasteiger charge is -2.49. The summed E-state index contributed by atoms with van der Waals surface area (Å²) in [6.45, 7) is 0.968. The van der Waals surface area contributed by atoms with E-state index in [0.29, 0.717) is 10.7 Å². The Bertz CT molecular complexity index is 1840. The van der Waals surface area contributed by atoms with E-state index < -0.39 is 40.7 Å². The van der Waals surface area contributed by atoms with Crippen LogP contribution < -0.4 is 10.6 Å². The molecule has 6 rings (SSSR count). The number of ether oxygens (including phenoxy) is 1. The summed E-state index contributed by atoms with van der Waals surface area (Å²) >= 11 is 2.53. The van der Waals surface area contributed by atoms with Gasteiger partial charge in [-0.1, -0.05) is 96.2 Å². The molecule has 2 aliphatic rings. The number of benzene rings is 3. The molecule has 0 saturated carbocycles. The highest BCUT2D eigenvalue weighted by Gasteiger charge is 2.54. The van der Waals surface area contributed by atoms with Crippen molar-refractivity contribution in [3.8, 4) is 0 Å². The third kappa shape index (κ3) is 6.52. The third-order valence-corrected chi connectivity index (χ3v) is 10.1. The third-order valence-electron chi connectivity index (χ3n) is 8.05. The predicted octanol–water partition coefficient (Wildman–Crippen LogP) is 4.20. The molecule has 14 heteroatoms. The summed E-state index contributed by atoms with van der Waals surface area (Å²) in [7, 11) is 1.30. The molecular formula is C35H31N5O7S2. The molecule has 1 fully saturated rings. The summed E-state index contributed by atoms with van der Waals surface area (Å²) in [4.78, 5) is 61.1. The molecule has 0 unspecified atom stereocenters. The van der Waals surface area contributed by atoms with E-state index in [9.17, 15) is 24.3 Å². The molecule has 0 spiro atoms. The first-order valence-electron chi connectivity index (χ1n) is 15.1. The molecule has 1 aromatic heterocycles. The minimum absolute atomic E-state index is 0.159. The number of nitrogens with one attached hydrogen (secondary N) is 2. The lowest BCUT2D eigenvalue weighted by Crippen LogP contribution is -2.71. The number of carboxylic acid groups (broad SMARTS) is 1. The van der Waals surface area contributed by atoms with Gasteiger partial charge in [0.25, 0.3) is 11.8 Å². The van der Waals surface area contributed by atoms with Crippen LogP contribution in [-0.4, -0.2) is 75.3 Å². The number of carboxylic acids is 1. The van der Waals surface area contributed by atoms with E-state index in [0.717, 1.165) is 21.6 Å². The Morgan fingerprint density at radius 2 is 1.55 bits per heavy atom. The first kappa shape index (κ1) is 33.4. The second-order valence-electron chi connectivity index (χ2n) is 11.0. The average Bonchev–Trinajstić information content (AvgIpc) is 3.59. The van der Waals surface area contributed by atoms with Crippen molar-refractivity contribution in [3.63, 3.8) is 0 Å². The van der Waals surface area contributed by atoms with E-state index in [1.165, 1.54) is 37.1 Å². The van der Waals surface area contributed by atoms with E-state index >= 15 is 0 Å². The topological polar surface area (TPSA) is 160 Å². The molecule has 4 aromatic rings. The number of oxime groups is 1. The van der Waals surface area contributed by atoms with Crippen molar-refractivity contribution < 1.29 is 33.9 Å². The number of aliphatic carboxylic acids is 1. The van der Waals surface area contributed by atoms with Gasteiger partial charge in [-0.25, -0.2) is 9.78 Å². The smallest absolute Gasteiger partial charge is 0.352 e. The van der Waals surface area contributed by atoms with Gasteiger partial charge >= 0.3 is 11.9 Å². The number of amides is 2. The first-order chi connectivity index (χ1) is 23.7. The number of rotatable bonds is 12. The maximum absolute atomic E-state index is 13.6. The summed E-state index contributed by atoms with van der Waals surface area (Å²) in [5, 5.41) is 21.6. The normalized spacial score (nSPS) is 17.5. The SMILES string of the molecule is CO/N=C(\C(=O)N[C@@H]1C(=O)N2C(C(=O)O)=C(COC(C)=O)CS[C@H]12)c1csc(NC(c2ccccc2)(c2ccccc2)c2ccccc2)n1. The average molecular weight is 698 g/mol. The molecule has 1 saturated heterocycles. The molecule has 12 nitrogen and oxygen atoms in total. The zero-order chi connectivity index (χ0) is 34.5. The van der Waals surface area contributed by atoms with Gasteiger partial charge in [-0.15, -0.1) is 23.1 Å². The van der Waals surface area contributed by atoms with Crippen LogP contribution in [0.15, 0.2) is 113 Å². The van der Waals surface area contributed by atoms with Crippen LogP contribution in [0.5, 0.6) is 0 Å². The second-order valence-corrected chi connectivity index (χ2v) is 13.0. The molecule has 250 valence electrons. The maximum Gasteiger partial charge on any atom is 0.352 e. The number of esters is 1. The van der Waals surface area contributed by atoms with Crippen LogP contribution in [0.25, 0.3) is 0 Å². The van der Waals surface area contributed by atoms with Gasteiger partial charge in [-0.3, -0.25) is 19.3 Å². The highest BCUT2D eigenvalue weighted by atomic mass is 32.2. The van der Waals surface area contributed by atoms with Crippen LogP contribution in [0.4, 0.5) is 5.13 Å². The van der Waals surface area contributed by atoms with Crippen molar-refractivity contribution in [2.24, 2.45) is 5.16 Å². The van der Waals surface area contributed by atoms with E-state index in [2.05, 4.69) is 15.8 Å². The molecular weight excluding hydrogens is 667 g/mol. The number of hydrogen-bond donors (Lipinski definition) is 3. The number of thioether (sulfide) groups is 1. The Labute approximate surface area is 289 Å². The van der Waals surface area contributed by atoms with Crippen molar-refractivity contribution in [3.05, 3.63) is 130 Å². The standard InChI is InChI=1S/C35H31N5O7S2/c1-21(41)47-18-22-19-48-32-28(31(43)40(32)29(22)33(44)45)37-30(42)27(39-46-2)26-20-49-34(36-26)38-35(23-12-6-3-7-13-23,24-14-8-4-9-15-24)25-16-10-5-11-17-25/h3-17,20,28,32H,18-19H2,1-2H3,(H,36,38)(H,37,42)(H,44,45)/b39-27-/t28-,32-/m1/s1. The molecule has 3 heterocycles. The molecule has 0 bridgehead atoms. The van der Waals surface area contributed by atoms with E-state index in [1.807, 2.05) is 91.0 Å². The van der Waals surface area contributed by atoms with Crippen LogP contribution in [0, 0.1) is 0 Å². The van der Waals surface area contributed by atoms with Crippen molar-refractivity contribution in [2.45, 2.75) is 23.9 Å². The summed E-state index contributed by atoms with van der Waals surface area (Å²) in [6.07, 6.45) is 0. The number of fused-ring (bicyclic) bond motifs is 1. The van der Waals surface area contributed by atoms with Gasteiger partial charge in [-0.05, 0) is 16.7 Å². The number of β-lactam (4-membered cyclic amide) rings is 1. The molecule has 3 aromatic carbocycles. The quantitative estimate of drug-likeness (QED) is 0.0644. The Kier molecular flexibility index (Phi) is 9.78. The Morgan fingerprint density at radius 3 is 2.06 bits per heavy atom. The zero-order valence-corrected chi connectivity index (χ0v) is 28.0. The fraction of sp³-hybridized carbons (Fsp3) is 0.200. The van der Waals surface area contributed by atoms with Crippen molar-refractivity contribution in [1.29, 1.82) is 0 Å².